The molecule has 8 heteroatoms. The van der Waals surface area contributed by atoms with E-state index in [-0.39, 0.29) is 17.9 Å². The summed E-state index contributed by atoms with van der Waals surface area (Å²) in [4.78, 5) is 32.6. The number of carboxylic acid groups (broad SMARTS) is 2. The average Bonchev–Trinajstić information content (AvgIpc) is 3.02. The van der Waals surface area contributed by atoms with E-state index in [0.29, 0.717) is 17.1 Å². The van der Waals surface area contributed by atoms with Gasteiger partial charge in [-0.1, -0.05) is 42.0 Å². The molecule has 1 heterocycles. The summed E-state index contributed by atoms with van der Waals surface area (Å²) >= 11 is 5.90. The number of anilines is 1. The first-order valence-corrected chi connectivity index (χ1v) is 8.07. The Morgan fingerprint density at radius 3 is 2.50 bits per heavy atom. The predicted molar refractivity (Wildman–Crippen MR) is 97.3 cm³/mol. The summed E-state index contributed by atoms with van der Waals surface area (Å²) in [6.45, 7) is 1.50. The molecule has 1 aliphatic carbocycles. The van der Waals surface area contributed by atoms with Crippen LogP contribution in [0.2, 0.25) is 5.02 Å². The highest BCUT2D eigenvalue weighted by atomic mass is 35.5. The molecule has 7 nitrogen and oxygen atoms in total. The molecule has 1 aromatic rings. The molecule has 2 aliphatic rings. The number of halogens is 1. The number of carbonyl (C=O) groups excluding carboxylic acids is 1. The molecule has 0 aromatic heterocycles. The van der Waals surface area contributed by atoms with E-state index in [4.69, 9.17) is 21.8 Å². The smallest absolute Gasteiger partial charge is 0.331 e. The Balaban J connectivity index is 0.000000187. The van der Waals surface area contributed by atoms with Crippen molar-refractivity contribution in [2.24, 2.45) is 10.5 Å². The largest absolute Gasteiger partial charge is 0.481 e. The lowest BCUT2D eigenvalue weighted by molar-refractivity contribution is -0.145. The molecule has 0 saturated heterocycles. The summed E-state index contributed by atoms with van der Waals surface area (Å²) in [5, 5.41) is 23.3. The molecule has 1 atom stereocenters. The van der Waals surface area contributed by atoms with E-state index in [2.05, 4.69) is 5.10 Å². The number of allylic oxidation sites excluding steroid dienone is 2. The van der Waals surface area contributed by atoms with Crippen LogP contribution in [0.4, 0.5) is 5.69 Å². The number of benzene rings is 1. The summed E-state index contributed by atoms with van der Waals surface area (Å²) < 4.78 is 0. The van der Waals surface area contributed by atoms with Crippen molar-refractivity contribution in [3.8, 4) is 0 Å². The van der Waals surface area contributed by atoms with Crippen molar-refractivity contribution < 1.29 is 24.6 Å². The van der Waals surface area contributed by atoms with Crippen molar-refractivity contribution >= 4 is 41.3 Å². The lowest BCUT2D eigenvalue weighted by atomic mass is 9.80. The second-order valence-electron chi connectivity index (χ2n) is 5.91. The summed E-state index contributed by atoms with van der Waals surface area (Å²) in [5.74, 6) is -2.11. The van der Waals surface area contributed by atoms with Crippen LogP contribution in [0.1, 0.15) is 19.8 Å². The van der Waals surface area contributed by atoms with Crippen LogP contribution in [0.5, 0.6) is 0 Å². The highest BCUT2D eigenvalue weighted by Crippen LogP contribution is 2.31. The third-order valence-corrected chi connectivity index (χ3v) is 4.18. The fourth-order valence-electron chi connectivity index (χ4n) is 2.36. The Morgan fingerprint density at radius 1 is 1.27 bits per heavy atom. The predicted octanol–water partition coefficient (Wildman–Crippen LogP) is 3.11. The molecule has 0 fully saturated rings. The maximum atomic E-state index is 11.3. The van der Waals surface area contributed by atoms with Gasteiger partial charge < -0.3 is 10.2 Å². The maximum absolute atomic E-state index is 11.3. The SMILES string of the molecule is CC1(C(=O)O)C=CC=C(C(=O)O)C1.O=C1CC=NN1c1ccccc1Cl. The van der Waals surface area contributed by atoms with Gasteiger partial charge >= 0.3 is 11.9 Å². The van der Waals surface area contributed by atoms with Crippen LogP contribution in [0.15, 0.2) is 53.2 Å². The minimum Gasteiger partial charge on any atom is -0.481 e. The van der Waals surface area contributed by atoms with E-state index < -0.39 is 17.4 Å². The van der Waals surface area contributed by atoms with Crippen LogP contribution < -0.4 is 5.01 Å². The Hall–Kier alpha value is -2.93. The summed E-state index contributed by atoms with van der Waals surface area (Å²) in [6.07, 6.45) is 6.36. The molecule has 3 rings (SSSR count). The molecule has 1 aliphatic heterocycles. The first kappa shape index (κ1) is 19.4. The number of amides is 1. The molecule has 0 saturated carbocycles. The summed E-state index contributed by atoms with van der Waals surface area (Å²) in [5.41, 5.74) is -0.307. The number of hydrogen-bond acceptors (Lipinski definition) is 4. The molecule has 26 heavy (non-hydrogen) atoms. The second kappa shape index (κ2) is 7.97. The van der Waals surface area contributed by atoms with E-state index in [1.54, 1.807) is 18.3 Å². The van der Waals surface area contributed by atoms with Gasteiger partial charge in [0.05, 0.1) is 22.5 Å². The van der Waals surface area contributed by atoms with Crippen LogP contribution in [0.3, 0.4) is 0 Å². The quantitative estimate of drug-likeness (QED) is 0.842. The minimum atomic E-state index is -1.08. The van der Waals surface area contributed by atoms with Crippen molar-refractivity contribution in [2.45, 2.75) is 19.8 Å². The first-order valence-electron chi connectivity index (χ1n) is 7.69. The van der Waals surface area contributed by atoms with Gasteiger partial charge in [-0.3, -0.25) is 9.59 Å². The van der Waals surface area contributed by atoms with Gasteiger partial charge in [0.1, 0.15) is 0 Å². The van der Waals surface area contributed by atoms with Gasteiger partial charge in [0, 0.05) is 11.8 Å². The van der Waals surface area contributed by atoms with Crippen LogP contribution >= 0.6 is 11.6 Å². The number of hydrogen-bond donors (Lipinski definition) is 2. The number of aliphatic carboxylic acids is 2. The topological polar surface area (TPSA) is 107 Å². The second-order valence-corrected chi connectivity index (χ2v) is 6.32. The highest BCUT2D eigenvalue weighted by molar-refractivity contribution is 6.34. The zero-order valence-corrected chi connectivity index (χ0v) is 14.7. The monoisotopic (exact) mass is 376 g/mol. The summed E-state index contributed by atoms with van der Waals surface area (Å²) in [6, 6.07) is 7.14. The molecule has 1 aromatic carbocycles. The molecule has 0 bridgehead atoms. The van der Waals surface area contributed by atoms with Gasteiger partial charge in [-0.2, -0.15) is 10.1 Å². The molecule has 136 valence electrons. The minimum absolute atomic E-state index is 0.0359. The average molecular weight is 377 g/mol. The van der Waals surface area contributed by atoms with Gasteiger partial charge in [0.2, 0.25) is 0 Å². The van der Waals surface area contributed by atoms with E-state index in [0.717, 1.165) is 0 Å². The Kier molecular flexibility index (Phi) is 5.94. The van der Waals surface area contributed by atoms with E-state index in [1.165, 1.54) is 30.2 Å². The van der Waals surface area contributed by atoms with Gasteiger partial charge in [0.25, 0.3) is 5.91 Å². The lowest BCUT2D eigenvalue weighted by Crippen LogP contribution is -2.28. The molecular formula is C18H17ClN2O5. The normalized spacial score (nSPS) is 21.1. The van der Waals surface area contributed by atoms with Crippen LogP contribution in [0, 0.1) is 5.41 Å². The fourth-order valence-corrected chi connectivity index (χ4v) is 2.57. The molecule has 0 radical (unpaired) electrons. The Morgan fingerprint density at radius 2 is 1.96 bits per heavy atom. The van der Waals surface area contributed by atoms with Crippen molar-refractivity contribution in [2.75, 3.05) is 5.01 Å². The highest BCUT2D eigenvalue weighted by Gasteiger charge is 2.34. The third kappa shape index (κ3) is 4.37. The Bertz CT molecular complexity index is 831. The van der Waals surface area contributed by atoms with E-state index in [1.807, 2.05) is 12.1 Å². The zero-order chi connectivity index (χ0) is 19.3. The summed E-state index contributed by atoms with van der Waals surface area (Å²) in [7, 11) is 0. The molecule has 1 unspecified atom stereocenters. The molecular weight excluding hydrogens is 360 g/mol. The number of rotatable bonds is 3. The van der Waals surface area contributed by atoms with Gasteiger partial charge in [0.15, 0.2) is 0 Å². The molecule has 1 amide bonds. The van der Waals surface area contributed by atoms with Crippen molar-refractivity contribution in [1.82, 2.24) is 0 Å². The standard InChI is InChI=1S/C9H7ClN2O.C9H10O4/c10-7-3-1-2-4-8(7)12-9(13)5-6-11-12;1-9(8(12)13)4-2-3-6(5-9)7(10)11/h1-4,6H,5H2;2-4H,5H2,1H3,(H,10,11)(H,12,13). The maximum Gasteiger partial charge on any atom is 0.331 e. The van der Waals surface area contributed by atoms with Crippen molar-refractivity contribution in [1.29, 1.82) is 0 Å². The van der Waals surface area contributed by atoms with Crippen molar-refractivity contribution in [3.63, 3.8) is 0 Å². The van der Waals surface area contributed by atoms with Gasteiger partial charge in [-0.25, -0.2) is 4.79 Å². The number of hydrazone groups is 1. The van der Waals surface area contributed by atoms with Gasteiger partial charge in [-0.05, 0) is 25.5 Å². The van der Waals surface area contributed by atoms with Crippen LogP contribution in [-0.2, 0) is 14.4 Å². The van der Waals surface area contributed by atoms with Crippen molar-refractivity contribution in [3.05, 3.63) is 53.1 Å². The zero-order valence-electron chi connectivity index (χ0n) is 13.9. The molecule has 2 N–H and O–H groups in total. The number of nitrogens with zero attached hydrogens (tertiary/aromatic N) is 2. The first-order chi connectivity index (χ1) is 12.2. The number of carboxylic acids is 2. The lowest BCUT2D eigenvalue weighted by Gasteiger charge is -2.23. The van der Waals surface area contributed by atoms with Gasteiger partial charge in [-0.15, -0.1) is 0 Å². The fraction of sp³-hybridized carbons (Fsp3) is 0.222. The third-order valence-electron chi connectivity index (χ3n) is 3.86. The number of carbonyl (C=O) groups is 3. The van der Waals surface area contributed by atoms with Crippen LogP contribution in [-0.4, -0.2) is 34.3 Å². The van der Waals surface area contributed by atoms with E-state index >= 15 is 0 Å². The van der Waals surface area contributed by atoms with Crippen LogP contribution in [0.25, 0.3) is 0 Å². The number of para-hydroxylation sites is 1. The van der Waals surface area contributed by atoms with E-state index in [9.17, 15) is 14.4 Å². The molecule has 0 spiro atoms. The Labute approximate surface area is 154 Å².